The van der Waals surface area contributed by atoms with Crippen molar-refractivity contribution in [3.8, 4) is 0 Å². The number of aromatic nitrogens is 1. The molecule has 2 heterocycles. The highest BCUT2D eigenvalue weighted by molar-refractivity contribution is 6.00. The molecule has 0 spiro atoms. The minimum Gasteiger partial charge on any atom is -0.477 e. The molecule has 3 aromatic rings. The summed E-state index contributed by atoms with van der Waals surface area (Å²) in [6, 6.07) is 11.1. The van der Waals surface area contributed by atoms with Crippen molar-refractivity contribution in [3.63, 3.8) is 0 Å². The molecule has 1 saturated carbocycles. The molecule has 188 valence electrons. The number of rotatable bonds is 6. The molecule has 5 rings (SSSR count). The lowest BCUT2D eigenvalue weighted by molar-refractivity contribution is -0.131. The predicted molar refractivity (Wildman–Crippen MR) is 136 cm³/mol. The summed E-state index contributed by atoms with van der Waals surface area (Å²) in [4.78, 5) is 40.9. The van der Waals surface area contributed by atoms with E-state index in [1.807, 2.05) is 46.7 Å². The third kappa shape index (κ3) is 4.29. The van der Waals surface area contributed by atoms with Gasteiger partial charge in [0.1, 0.15) is 5.56 Å². The number of nitrogens with one attached hydrogen (secondary N) is 1. The first-order valence-corrected chi connectivity index (χ1v) is 12.2. The van der Waals surface area contributed by atoms with E-state index in [-0.39, 0.29) is 41.2 Å². The molecule has 2 aliphatic rings. The molecule has 0 bridgehead atoms. The summed E-state index contributed by atoms with van der Waals surface area (Å²) in [7, 11) is 0. The van der Waals surface area contributed by atoms with E-state index >= 15 is 4.39 Å². The maximum Gasteiger partial charge on any atom is 0.341 e. The molecule has 1 unspecified atom stereocenters. The number of hydrogen-bond acceptors (Lipinski definition) is 5. The van der Waals surface area contributed by atoms with E-state index in [0.29, 0.717) is 30.8 Å². The van der Waals surface area contributed by atoms with Gasteiger partial charge in [-0.1, -0.05) is 30.3 Å². The minimum atomic E-state index is -1.33. The molecule has 1 aromatic heterocycles. The molecule has 2 N–H and O–H groups in total. The molecule has 1 saturated heterocycles. The van der Waals surface area contributed by atoms with Gasteiger partial charge in [0.05, 0.1) is 22.3 Å². The molecule has 1 atom stereocenters. The van der Waals surface area contributed by atoms with E-state index in [9.17, 15) is 19.5 Å². The molecule has 1 aliphatic carbocycles. The monoisotopic (exact) mass is 492 g/mol. The summed E-state index contributed by atoms with van der Waals surface area (Å²) < 4.78 is 18.1. The SMILES string of the molecule is CC(=O)N1CCN(c2cc3c(c(NCc4ccccc4)c2F)c(=O)c(C(=O)O)cn3C2CC2)CC1C. The number of carboxylic acid groups (broad SMARTS) is 1. The van der Waals surface area contributed by atoms with Crippen molar-refractivity contribution in [1.82, 2.24) is 9.47 Å². The maximum absolute atomic E-state index is 16.3. The number of halogens is 1. The fraction of sp³-hybridized carbons (Fsp3) is 0.370. The third-order valence-electron chi connectivity index (χ3n) is 7.10. The van der Waals surface area contributed by atoms with E-state index in [0.717, 1.165) is 18.4 Å². The molecule has 36 heavy (non-hydrogen) atoms. The van der Waals surface area contributed by atoms with Gasteiger partial charge in [0.2, 0.25) is 11.3 Å². The summed E-state index contributed by atoms with van der Waals surface area (Å²) >= 11 is 0. The lowest BCUT2D eigenvalue weighted by Gasteiger charge is -2.41. The second-order valence-electron chi connectivity index (χ2n) is 9.64. The fourth-order valence-corrected chi connectivity index (χ4v) is 5.10. The summed E-state index contributed by atoms with van der Waals surface area (Å²) in [6.07, 6.45) is 3.12. The van der Waals surface area contributed by atoms with Crippen LogP contribution in [0.25, 0.3) is 10.9 Å². The molecule has 8 nitrogen and oxygen atoms in total. The van der Waals surface area contributed by atoms with Crippen LogP contribution in [0.5, 0.6) is 0 Å². The van der Waals surface area contributed by atoms with Crippen molar-refractivity contribution in [3.05, 3.63) is 69.8 Å². The Morgan fingerprint density at radius 1 is 1.17 bits per heavy atom. The third-order valence-corrected chi connectivity index (χ3v) is 7.10. The van der Waals surface area contributed by atoms with Gasteiger partial charge >= 0.3 is 5.97 Å². The van der Waals surface area contributed by atoms with Gasteiger partial charge < -0.3 is 24.8 Å². The second-order valence-corrected chi connectivity index (χ2v) is 9.64. The molecule has 1 aliphatic heterocycles. The smallest absolute Gasteiger partial charge is 0.341 e. The van der Waals surface area contributed by atoms with Gasteiger partial charge in [0.25, 0.3) is 0 Å². The second kappa shape index (κ2) is 9.29. The number of carbonyl (C=O) groups is 2. The molecular formula is C27H29FN4O4. The van der Waals surface area contributed by atoms with Crippen molar-refractivity contribution in [1.29, 1.82) is 0 Å². The van der Waals surface area contributed by atoms with Crippen molar-refractivity contribution < 1.29 is 19.1 Å². The van der Waals surface area contributed by atoms with E-state index in [1.165, 1.54) is 13.1 Å². The first-order chi connectivity index (χ1) is 17.3. The average Bonchev–Trinajstić information content (AvgIpc) is 3.69. The average molecular weight is 493 g/mol. The van der Waals surface area contributed by atoms with Gasteiger partial charge in [0, 0.05) is 51.4 Å². The van der Waals surface area contributed by atoms with Gasteiger partial charge in [-0.25, -0.2) is 9.18 Å². The molecule has 2 fully saturated rings. The Labute approximate surface area is 207 Å². The first kappa shape index (κ1) is 23.8. The number of piperazine rings is 1. The van der Waals surface area contributed by atoms with E-state index < -0.39 is 17.2 Å². The Kier molecular flexibility index (Phi) is 6.15. The number of aromatic carboxylic acids is 1. The summed E-state index contributed by atoms with van der Waals surface area (Å²) in [6.45, 7) is 5.09. The number of carbonyl (C=O) groups excluding carboxylic acids is 1. The Morgan fingerprint density at radius 3 is 2.50 bits per heavy atom. The number of fused-ring (bicyclic) bond motifs is 1. The van der Waals surface area contributed by atoms with E-state index in [4.69, 9.17) is 0 Å². The molecule has 2 aromatic carbocycles. The van der Waals surface area contributed by atoms with Gasteiger partial charge in [-0.15, -0.1) is 0 Å². The minimum absolute atomic E-state index is 0.00973. The first-order valence-electron chi connectivity index (χ1n) is 12.2. The lowest BCUT2D eigenvalue weighted by atomic mass is 10.0. The summed E-state index contributed by atoms with van der Waals surface area (Å²) in [5.74, 6) is -1.94. The highest BCUT2D eigenvalue weighted by Crippen LogP contribution is 2.41. The zero-order chi connectivity index (χ0) is 25.6. The largest absolute Gasteiger partial charge is 0.477 e. The molecule has 1 amide bonds. The standard InChI is InChI=1S/C27H29FN4O4/c1-16-14-30(10-11-31(16)17(2)33)22-12-21-23(25(24(22)28)29-13-18-6-4-3-5-7-18)26(34)20(27(35)36)15-32(21)19-8-9-19/h3-7,12,15-16,19,29H,8-11,13-14H2,1-2H3,(H,35,36). The van der Waals surface area contributed by atoms with Gasteiger partial charge in [0.15, 0.2) is 5.82 Å². The van der Waals surface area contributed by atoms with Crippen LogP contribution in [0.4, 0.5) is 15.8 Å². The van der Waals surface area contributed by atoms with E-state index in [2.05, 4.69) is 5.32 Å². The van der Waals surface area contributed by atoms with Crippen LogP contribution in [0.1, 0.15) is 48.7 Å². The van der Waals surface area contributed by atoms with Crippen molar-refractivity contribution >= 4 is 34.2 Å². The van der Waals surface area contributed by atoms with Crippen molar-refractivity contribution in [2.75, 3.05) is 29.9 Å². The predicted octanol–water partition coefficient (Wildman–Crippen LogP) is 3.84. The van der Waals surface area contributed by atoms with Crippen LogP contribution in [0.2, 0.25) is 0 Å². The topological polar surface area (TPSA) is 94.9 Å². The molecular weight excluding hydrogens is 463 g/mol. The number of amides is 1. The van der Waals surface area contributed by atoms with Crippen LogP contribution in [0.15, 0.2) is 47.4 Å². The number of nitrogens with zero attached hydrogens (tertiary/aromatic N) is 3. The zero-order valence-electron chi connectivity index (χ0n) is 20.3. The fourth-order valence-electron chi connectivity index (χ4n) is 5.10. The van der Waals surface area contributed by atoms with Crippen LogP contribution in [0, 0.1) is 5.82 Å². The van der Waals surface area contributed by atoms with Gasteiger partial charge in [-0.3, -0.25) is 9.59 Å². The Balaban J connectivity index is 1.68. The zero-order valence-corrected chi connectivity index (χ0v) is 20.3. The number of benzene rings is 2. The number of pyridine rings is 1. The summed E-state index contributed by atoms with van der Waals surface area (Å²) in [5.41, 5.74) is 0.691. The van der Waals surface area contributed by atoms with Gasteiger partial charge in [-0.2, -0.15) is 0 Å². The van der Waals surface area contributed by atoms with Crippen LogP contribution in [-0.4, -0.2) is 52.1 Å². The van der Waals surface area contributed by atoms with Crippen LogP contribution in [0.3, 0.4) is 0 Å². The van der Waals surface area contributed by atoms with Crippen molar-refractivity contribution in [2.45, 2.75) is 45.3 Å². The molecule has 9 heteroatoms. The highest BCUT2D eigenvalue weighted by atomic mass is 19.1. The normalized spacial score (nSPS) is 17.9. The number of hydrogen-bond donors (Lipinski definition) is 2. The van der Waals surface area contributed by atoms with Crippen LogP contribution in [-0.2, 0) is 11.3 Å². The lowest BCUT2D eigenvalue weighted by Crippen LogP contribution is -2.53. The maximum atomic E-state index is 16.3. The Hall–Kier alpha value is -3.88. The number of anilines is 2. The number of carboxylic acids is 1. The molecule has 0 radical (unpaired) electrons. The van der Waals surface area contributed by atoms with Crippen LogP contribution < -0.4 is 15.6 Å². The highest BCUT2D eigenvalue weighted by Gasteiger charge is 2.32. The van der Waals surface area contributed by atoms with Crippen molar-refractivity contribution in [2.24, 2.45) is 0 Å². The Morgan fingerprint density at radius 2 is 1.89 bits per heavy atom. The summed E-state index contributed by atoms with van der Waals surface area (Å²) in [5, 5.41) is 12.9. The quantitative estimate of drug-likeness (QED) is 0.543. The Bertz CT molecular complexity index is 1400. The van der Waals surface area contributed by atoms with Gasteiger partial charge in [-0.05, 0) is 31.4 Å². The van der Waals surface area contributed by atoms with Crippen LogP contribution >= 0.6 is 0 Å². The van der Waals surface area contributed by atoms with E-state index in [1.54, 1.807) is 11.0 Å².